The summed E-state index contributed by atoms with van der Waals surface area (Å²) in [5.41, 5.74) is 5.25. The van der Waals surface area contributed by atoms with Crippen LogP contribution in [0.1, 0.15) is 55.3 Å². The Balaban J connectivity index is 1.31. The van der Waals surface area contributed by atoms with Crippen molar-refractivity contribution in [1.29, 1.82) is 0 Å². The first kappa shape index (κ1) is 18.8. The van der Waals surface area contributed by atoms with Gasteiger partial charge in [-0.15, -0.1) is 0 Å². The third-order valence-corrected chi connectivity index (χ3v) is 6.52. The van der Waals surface area contributed by atoms with Gasteiger partial charge >= 0.3 is 5.97 Å². The topological polar surface area (TPSA) is 105 Å². The number of hydrazine groups is 1. The number of hydrogen-bond donors (Lipinski definition) is 3. The van der Waals surface area contributed by atoms with E-state index in [9.17, 15) is 19.5 Å². The average molecular weight is 386 g/mol. The minimum absolute atomic E-state index is 0.0707. The second-order valence-corrected chi connectivity index (χ2v) is 8.22. The lowest BCUT2D eigenvalue weighted by Crippen LogP contribution is -2.48. The molecule has 2 amide bonds. The van der Waals surface area contributed by atoms with Gasteiger partial charge in [0.25, 0.3) is 5.91 Å². The first-order valence-electron chi connectivity index (χ1n) is 10.1. The van der Waals surface area contributed by atoms with E-state index in [1.165, 1.54) is 12.8 Å². The van der Waals surface area contributed by atoms with E-state index in [2.05, 4.69) is 10.9 Å². The van der Waals surface area contributed by atoms with Gasteiger partial charge in [0.05, 0.1) is 17.9 Å². The summed E-state index contributed by atoms with van der Waals surface area (Å²) < 4.78 is 5.88. The number of hydrogen-bond acceptors (Lipinski definition) is 4. The highest BCUT2D eigenvalue weighted by Crippen LogP contribution is 2.52. The van der Waals surface area contributed by atoms with E-state index in [1.54, 1.807) is 24.3 Å². The van der Waals surface area contributed by atoms with E-state index in [1.807, 2.05) is 0 Å². The Labute approximate surface area is 163 Å². The van der Waals surface area contributed by atoms with Gasteiger partial charge in [-0.3, -0.25) is 25.2 Å². The van der Waals surface area contributed by atoms with Gasteiger partial charge in [0.1, 0.15) is 5.75 Å². The highest BCUT2D eigenvalue weighted by molar-refractivity contribution is 5.96. The molecule has 4 rings (SSSR count). The number of carboxylic acid groups (broad SMARTS) is 1. The maximum atomic E-state index is 12.5. The summed E-state index contributed by atoms with van der Waals surface area (Å²) in [5, 5.41) is 9.46. The number of carbonyl (C=O) groups is 3. The first-order valence-corrected chi connectivity index (χ1v) is 10.1. The van der Waals surface area contributed by atoms with Crippen LogP contribution >= 0.6 is 0 Å². The van der Waals surface area contributed by atoms with Crippen LogP contribution in [0.15, 0.2) is 24.3 Å². The van der Waals surface area contributed by atoms with Gasteiger partial charge in [0.2, 0.25) is 5.91 Å². The molecule has 7 nitrogen and oxygen atoms in total. The fourth-order valence-corrected chi connectivity index (χ4v) is 5.18. The molecule has 3 saturated carbocycles. The molecule has 2 bridgehead atoms. The number of nitrogens with one attached hydrogen (secondary N) is 2. The summed E-state index contributed by atoms with van der Waals surface area (Å²) in [4.78, 5) is 36.4. The van der Waals surface area contributed by atoms with Crippen LogP contribution in [0.2, 0.25) is 0 Å². The van der Waals surface area contributed by atoms with Crippen molar-refractivity contribution in [3.05, 3.63) is 29.8 Å². The summed E-state index contributed by atoms with van der Waals surface area (Å²) in [7, 11) is 0. The van der Waals surface area contributed by atoms with Crippen LogP contribution in [0.4, 0.5) is 0 Å². The lowest BCUT2D eigenvalue weighted by Gasteiger charge is -2.27. The van der Waals surface area contributed by atoms with Crippen LogP contribution in [-0.2, 0) is 9.59 Å². The minimum Gasteiger partial charge on any atom is -0.490 e. The summed E-state index contributed by atoms with van der Waals surface area (Å²) in [6, 6.07) is 6.82. The van der Waals surface area contributed by atoms with Crippen LogP contribution in [0, 0.1) is 23.7 Å². The van der Waals surface area contributed by atoms with Gasteiger partial charge < -0.3 is 9.84 Å². The molecule has 0 aliphatic heterocycles. The van der Waals surface area contributed by atoms with E-state index in [0.717, 1.165) is 37.9 Å². The quantitative estimate of drug-likeness (QED) is 0.675. The van der Waals surface area contributed by atoms with Crippen molar-refractivity contribution in [2.24, 2.45) is 23.7 Å². The smallest absolute Gasteiger partial charge is 0.307 e. The molecular formula is C21H26N2O5. The Morgan fingerprint density at radius 2 is 1.54 bits per heavy atom. The minimum atomic E-state index is -0.920. The van der Waals surface area contributed by atoms with Crippen LogP contribution < -0.4 is 15.6 Å². The van der Waals surface area contributed by atoms with E-state index in [0.29, 0.717) is 5.56 Å². The van der Waals surface area contributed by atoms with E-state index >= 15 is 0 Å². The van der Waals surface area contributed by atoms with Gasteiger partial charge in [-0.05, 0) is 81.0 Å². The molecule has 0 heterocycles. The van der Waals surface area contributed by atoms with E-state index in [-0.39, 0.29) is 17.9 Å². The standard InChI is InChI=1S/C21H26N2O5/c24-19(12-7-9-16(10-8-12)28-15-3-1-2-4-15)22-23-20(25)17-13-5-6-14(11-13)18(17)21(26)27/h7-10,13-15,17-18H,1-6,11H2,(H,22,24)(H,23,25)(H,26,27)/t13-,14-,17-,18-/m0/s1. The number of ether oxygens (including phenoxy) is 1. The zero-order valence-corrected chi connectivity index (χ0v) is 15.7. The molecule has 3 aliphatic carbocycles. The fourth-order valence-electron chi connectivity index (χ4n) is 5.18. The lowest BCUT2D eigenvalue weighted by molar-refractivity contribution is -0.149. The summed E-state index contributed by atoms with van der Waals surface area (Å²) in [6.45, 7) is 0. The average Bonchev–Trinajstić information content (AvgIpc) is 3.43. The van der Waals surface area contributed by atoms with Crippen LogP contribution in [0.25, 0.3) is 0 Å². The van der Waals surface area contributed by atoms with Gasteiger partial charge in [-0.25, -0.2) is 0 Å². The summed E-state index contributed by atoms with van der Waals surface area (Å²) in [6.07, 6.45) is 7.29. The van der Waals surface area contributed by atoms with Crippen LogP contribution in [-0.4, -0.2) is 29.0 Å². The molecule has 3 aliphatic rings. The zero-order valence-electron chi connectivity index (χ0n) is 15.7. The lowest BCUT2D eigenvalue weighted by atomic mass is 9.79. The highest BCUT2D eigenvalue weighted by Gasteiger charge is 2.54. The molecule has 3 N–H and O–H groups in total. The van der Waals surface area contributed by atoms with Crippen molar-refractivity contribution in [1.82, 2.24) is 10.9 Å². The van der Waals surface area contributed by atoms with Crippen molar-refractivity contribution >= 4 is 17.8 Å². The monoisotopic (exact) mass is 386 g/mol. The number of benzene rings is 1. The van der Waals surface area contributed by atoms with Crippen molar-refractivity contribution in [2.45, 2.75) is 51.0 Å². The number of aliphatic carboxylic acids is 1. The maximum Gasteiger partial charge on any atom is 0.307 e. The Morgan fingerprint density at radius 3 is 2.18 bits per heavy atom. The molecule has 7 heteroatoms. The highest BCUT2D eigenvalue weighted by atomic mass is 16.5. The Morgan fingerprint density at radius 1 is 0.893 bits per heavy atom. The number of amides is 2. The normalized spacial score (nSPS) is 28.9. The molecule has 28 heavy (non-hydrogen) atoms. The second-order valence-electron chi connectivity index (χ2n) is 8.22. The SMILES string of the molecule is O=C(NNC(=O)[C@H]1[C@H]2CC[C@@H](C2)[C@@H]1C(=O)O)c1ccc(OC2CCCC2)cc1. The van der Waals surface area contributed by atoms with Crippen LogP contribution in [0.5, 0.6) is 5.75 Å². The Hall–Kier alpha value is -2.57. The molecule has 1 aromatic rings. The summed E-state index contributed by atoms with van der Waals surface area (Å²) in [5.74, 6) is -2.09. The van der Waals surface area contributed by atoms with Crippen molar-refractivity contribution in [2.75, 3.05) is 0 Å². The molecule has 0 unspecified atom stereocenters. The second kappa shape index (κ2) is 7.81. The molecule has 150 valence electrons. The van der Waals surface area contributed by atoms with Gasteiger partial charge in [-0.2, -0.15) is 0 Å². The van der Waals surface area contributed by atoms with E-state index in [4.69, 9.17) is 4.74 Å². The van der Waals surface area contributed by atoms with Crippen molar-refractivity contribution < 1.29 is 24.2 Å². The van der Waals surface area contributed by atoms with Crippen LogP contribution in [0.3, 0.4) is 0 Å². The van der Waals surface area contributed by atoms with Gasteiger partial charge in [-0.1, -0.05) is 0 Å². The number of rotatable bonds is 5. The Kier molecular flexibility index (Phi) is 5.24. The predicted molar refractivity (Wildman–Crippen MR) is 100 cm³/mol. The van der Waals surface area contributed by atoms with E-state index < -0.39 is 29.6 Å². The molecule has 0 spiro atoms. The predicted octanol–water partition coefficient (Wildman–Crippen LogP) is 2.52. The fraction of sp³-hybridized carbons (Fsp3) is 0.571. The molecular weight excluding hydrogens is 360 g/mol. The third-order valence-electron chi connectivity index (χ3n) is 6.52. The van der Waals surface area contributed by atoms with Crippen molar-refractivity contribution in [3.8, 4) is 5.75 Å². The van der Waals surface area contributed by atoms with Gasteiger partial charge in [0.15, 0.2) is 0 Å². The largest absolute Gasteiger partial charge is 0.490 e. The number of carbonyl (C=O) groups excluding carboxylic acids is 2. The summed E-state index contributed by atoms with van der Waals surface area (Å²) >= 11 is 0. The van der Waals surface area contributed by atoms with Gasteiger partial charge in [0, 0.05) is 5.56 Å². The zero-order chi connectivity index (χ0) is 19.7. The Bertz CT molecular complexity index is 757. The number of carboxylic acids is 1. The number of fused-ring (bicyclic) bond motifs is 2. The maximum absolute atomic E-state index is 12.5. The molecule has 0 saturated heterocycles. The molecule has 4 atom stereocenters. The first-order chi connectivity index (χ1) is 13.5. The van der Waals surface area contributed by atoms with Crippen molar-refractivity contribution in [3.63, 3.8) is 0 Å². The third kappa shape index (κ3) is 3.70. The molecule has 0 aromatic heterocycles. The molecule has 3 fully saturated rings. The molecule has 0 radical (unpaired) electrons. The molecule has 1 aromatic carbocycles.